The molecule has 0 aromatic carbocycles. The van der Waals surface area contributed by atoms with Crippen LogP contribution in [0.4, 0.5) is 0 Å². The fourth-order valence-electron chi connectivity index (χ4n) is 0.671. The number of halogens is 7. The molecule has 0 aliphatic rings. The van der Waals surface area contributed by atoms with E-state index in [0.717, 1.165) is 0 Å². The van der Waals surface area contributed by atoms with Gasteiger partial charge in [0.05, 0.1) is 0 Å². The van der Waals surface area contributed by atoms with Gasteiger partial charge in [-0.25, -0.2) is 0 Å². The topological polar surface area (TPSA) is 12.4 Å². The van der Waals surface area contributed by atoms with Crippen LogP contribution in [0.25, 0.3) is 0 Å². The van der Waals surface area contributed by atoms with Gasteiger partial charge in [-0.2, -0.15) is 0 Å². The van der Waals surface area contributed by atoms with Crippen molar-refractivity contribution in [3.63, 3.8) is 0 Å². The van der Waals surface area contributed by atoms with Crippen molar-refractivity contribution in [1.29, 1.82) is 0 Å². The standard InChI is InChI=1S/C5H9Cl7GeNP/c1-13(2,3)14-15(12,4(6,7)8)5(9,10)11/h1-3H3. The third-order valence-electron chi connectivity index (χ3n) is 1.11. The Hall–Kier alpha value is 2.80. The molecule has 0 aromatic rings. The van der Waals surface area contributed by atoms with E-state index in [1.807, 2.05) is 17.3 Å². The van der Waals surface area contributed by atoms with E-state index in [-0.39, 0.29) is 0 Å². The maximum absolute atomic E-state index is 6.18. The average molecular weight is 435 g/mol. The Morgan fingerprint density at radius 2 is 1.13 bits per heavy atom. The SMILES string of the molecule is [CH3][Ge]([CH3])([CH3])[N]=P(Cl)(C(Cl)(Cl)Cl)C(Cl)(Cl)Cl. The van der Waals surface area contributed by atoms with Crippen molar-refractivity contribution in [3.8, 4) is 0 Å². The summed E-state index contributed by atoms with van der Waals surface area (Å²) in [6.45, 7) is 0. The number of hydrogen-bond acceptors (Lipinski definition) is 1. The van der Waals surface area contributed by atoms with Gasteiger partial charge in [-0.05, 0) is 0 Å². The molecule has 10 heteroatoms. The Morgan fingerprint density at radius 1 is 0.867 bits per heavy atom. The molecule has 0 N–H and O–H groups in total. The van der Waals surface area contributed by atoms with Crippen molar-refractivity contribution in [2.24, 2.45) is 3.70 Å². The van der Waals surface area contributed by atoms with Gasteiger partial charge in [0.2, 0.25) is 0 Å². The Labute approximate surface area is 127 Å². The third-order valence-corrected chi connectivity index (χ3v) is 17.5. The average Bonchev–Trinajstić information content (AvgIpc) is 1.77. The molecule has 0 radical (unpaired) electrons. The first kappa shape index (κ1) is 17.8. The predicted octanol–water partition coefficient (Wildman–Crippen LogP) is 6.83. The molecule has 92 valence electrons. The molecule has 0 fully saturated rings. The summed E-state index contributed by atoms with van der Waals surface area (Å²) in [7, 11) is 0. The number of rotatable bonds is 1. The molecule has 0 saturated heterocycles. The molecule has 0 rings (SSSR count). The van der Waals surface area contributed by atoms with E-state index >= 15 is 0 Å². The van der Waals surface area contributed by atoms with Gasteiger partial charge in [0.1, 0.15) is 0 Å². The summed E-state index contributed by atoms with van der Waals surface area (Å²) in [6, 6.07) is 0. The first-order chi connectivity index (χ1) is 6.21. The quantitative estimate of drug-likeness (QED) is 0.243. The molecule has 15 heavy (non-hydrogen) atoms. The van der Waals surface area contributed by atoms with Crippen LogP contribution in [-0.4, -0.2) is 20.6 Å². The van der Waals surface area contributed by atoms with Crippen LogP contribution in [-0.2, 0) is 0 Å². The van der Waals surface area contributed by atoms with E-state index in [9.17, 15) is 0 Å². The molecule has 0 aliphatic carbocycles. The minimum absolute atomic E-state index is 1.88. The zero-order valence-electron chi connectivity index (χ0n) is 8.04. The van der Waals surface area contributed by atoms with Gasteiger partial charge in [0, 0.05) is 0 Å². The van der Waals surface area contributed by atoms with E-state index in [4.69, 9.17) is 80.8 Å². The van der Waals surface area contributed by atoms with Crippen LogP contribution in [0.5, 0.6) is 0 Å². The fraction of sp³-hybridized carbons (Fsp3) is 1.00. The van der Waals surface area contributed by atoms with Gasteiger partial charge in [0.15, 0.2) is 0 Å². The molecule has 0 aromatic heterocycles. The first-order valence-electron chi connectivity index (χ1n) is 3.67. The second kappa shape index (κ2) is 5.43. The Kier molecular flexibility index (Phi) is 6.44. The van der Waals surface area contributed by atoms with Crippen molar-refractivity contribution in [2.45, 2.75) is 24.3 Å². The van der Waals surface area contributed by atoms with Crippen molar-refractivity contribution in [3.05, 3.63) is 0 Å². The second-order valence-electron chi connectivity index (χ2n) is 3.76. The van der Waals surface area contributed by atoms with Gasteiger partial charge in [-0.15, -0.1) is 0 Å². The molecule has 0 spiro atoms. The monoisotopic (exact) mass is 433 g/mol. The van der Waals surface area contributed by atoms with Crippen LogP contribution in [0.3, 0.4) is 0 Å². The molecule has 0 amide bonds. The molecule has 0 atom stereocenters. The summed E-state index contributed by atoms with van der Waals surface area (Å²) in [6.07, 6.45) is -3.19. The normalized spacial score (nSPS) is 15.3. The van der Waals surface area contributed by atoms with E-state index in [2.05, 4.69) is 3.70 Å². The van der Waals surface area contributed by atoms with E-state index in [0.29, 0.717) is 0 Å². The molecule has 0 aliphatic heterocycles. The maximum atomic E-state index is 6.18. The second-order valence-corrected chi connectivity index (χ2v) is 24.4. The Bertz CT molecular complexity index is 267. The third kappa shape index (κ3) is 5.13. The zero-order valence-corrected chi connectivity index (χ0v) is 16.3. The van der Waals surface area contributed by atoms with Crippen molar-refractivity contribution in [1.82, 2.24) is 0 Å². The van der Waals surface area contributed by atoms with E-state index in [1.54, 1.807) is 0 Å². The number of nitrogens with zero attached hydrogens (tertiary/aromatic N) is 1. The van der Waals surface area contributed by atoms with E-state index < -0.39 is 27.0 Å². The van der Waals surface area contributed by atoms with Crippen LogP contribution in [0.1, 0.15) is 0 Å². The summed E-state index contributed by atoms with van der Waals surface area (Å²) in [5.41, 5.74) is 0. The van der Waals surface area contributed by atoms with Gasteiger partial charge < -0.3 is 0 Å². The van der Waals surface area contributed by atoms with Gasteiger partial charge in [0.25, 0.3) is 0 Å². The molecule has 0 unspecified atom stereocenters. The molecule has 1 nitrogen and oxygen atoms in total. The summed E-state index contributed by atoms with van der Waals surface area (Å²) in [4.78, 5) is 0. The molecular formula is C5H9Cl7GeNP. The summed E-state index contributed by atoms with van der Waals surface area (Å²) >= 11 is 38.3. The van der Waals surface area contributed by atoms with Gasteiger partial charge >= 0.3 is 129 Å². The number of alkyl halides is 6. The Morgan fingerprint density at radius 3 is 1.20 bits per heavy atom. The van der Waals surface area contributed by atoms with Crippen molar-refractivity contribution >= 4 is 101 Å². The molecule has 0 saturated carbocycles. The van der Waals surface area contributed by atoms with Gasteiger partial charge in [-0.3, -0.25) is 0 Å². The summed E-state index contributed by atoms with van der Waals surface area (Å²) < 4.78 is 0.602. The summed E-state index contributed by atoms with van der Waals surface area (Å²) in [5.74, 6) is 5.89. The minimum atomic E-state index is -3.19. The van der Waals surface area contributed by atoms with Crippen molar-refractivity contribution < 1.29 is 0 Å². The molecular weight excluding hydrogens is 426 g/mol. The van der Waals surface area contributed by atoms with Crippen LogP contribution >= 0.6 is 87.3 Å². The van der Waals surface area contributed by atoms with Crippen molar-refractivity contribution in [2.75, 3.05) is 0 Å². The molecule has 0 bridgehead atoms. The first-order valence-corrected chi connectivity index (χ1v) is 15.8. The predicted molar refractivity (Wildman–Crippen MR) is 79.1 cm³/mol. The van der Waals surface area contributed by atoms with Crippen LogP contribution in [0, 0.1) is 0 Å². The van der Waals surface area contributed by atoms with Gasteiger partial charge in [-0.1, -0.05) is 0 Å². The van der Waals surface area contributed by atoms with E-state index in [1.165, 1.54) is 0 Å². The van der Waals surface area contributed by atoms with Crippen LogP contribution in [0.2, 0.25) is 17.3 Å². The van der Waals surface area contributed by atoms with Crippen LogP contribution in [0.15, 0.2) is 3.70 Å². The van der Waals surface area contributed by atoms with Crippen LogP contribution < -0.4 is 0 Å². The zero-order chi connectivity index (χ0) is 12.7. The number of hydrogen-bond donors (Lipinski definition) is 0. The fourth-order valence-corrected chi connectivity index (χ4v) is 19.2. The summed E-state index contributed by atoms with van der Waals surface area (Å²) in [5, 5.41) is 0. The Balaban J connectivity index is 5.77. The molecule has 0 heterocycles.